The molecule has 4 nitrogen and oxygen atoms in total. The Labute approximate surface area is 144 Å². The van der Waals surface area contributed by atoms with Crippen molar-refractivity contribution in [3.8, 4) is 11.3 Å². The van der Waals surface area contributed by atoms with Crippen LogP contribution in [0.2, 0.25) is 5.02 Å². The van der Waals surface area contributed by atoms with Gasteiger partial charge in [0.25, 0.3) is 0 Å². The molecule has 0 aliphatic rings. The fourth-order valence-corrected chi connectivity index (χ4v) is 2.77. The highest BCUT2D eigenvalue weighted by molar-refractivity contribution is 6.30. The molecule has 0 aliphatic heterocycles. The Hall–Kier alpha value is -2.85. The molecule has 0 unspecified atom stereocenters. The van der Waals surface area contributed by atoms with Crippen molar-refractivity contribution in [3.63, 3.8) is 0 Å². The van der Waals surface area contributed by atoms with Gasteiger partial charge in [-0.25, -0.2) is 0 Å². The standard InChI is InChI=1S/C19H14ClN3O/c20-14-9-7-13(8-10-14)18-16-5-1-2-6-17(16)19(23-22-18)21-12-15-4-3-11-24-15/h1-11H,12H2,(H,21,23). The number of hydrogen-bond donors (Lipinski definition) is 1. The normalized spacial score (nSPS) is 10.9. The highest BCUT2D eigenvalue weighted by atomic mass is 35.5. The minimum atomic E-state index is 0.561. The lowest BCUT2D eigenvalue weighted by atomic mass is 10.0. The lowest BCUT2D eigenvalue weighted by molar-refractivity contribution is 0.518. The summed E-state index contributed by atoms with van der Waals surface area (Å²) in [7, 11) is 0. The third-order valence-corrected chi connectivity index (χ3v) is 4.07. The predicted molar refractivity (Wildman–Crippen MR) is 96.0 cm³/mol. The van der Waals surface area contributed by atoms with E-state index in [2.05, 4.69) is 15.5 Å². The number of furan rings is 1. The molecule has 0 amide bonds. The summed E-state index contributed by atoms with van der Waals surface area (Å²) in [6.45, 7) is 0.561. The summed E-state index contributed by atoms with van der Waals surface area (Å²) in [5.41, 5.74) is 1.83. The zero-order chi connectivity index (χ0) is 16.4. The Kier molecular flexibility index (Phi) is 3.89. The monoisotopic (exact) mass is 335 g/mol. The first-order chi connectivity index (χ1) is 11.8. The van der Waals surface area contributed by atoms with Gasteiger partial charge in [0.15, 0.2) is 5.82 Å². The molecule has 2 heterocycles. The van der Waals surface area contributed by atoms with Gasteiger partial charge in [0.05, 0.1) is 12.8 Å². The van der Waals surface area contributed by atoms with Gasteiger partial charge < -0.3 is 9.73 Å². The van der Waals surface area contributed by atoms with Crippen molar-refractivity contribution in [1.82, 2.24) is 10.2 Å². The minimum absolute atomic E-state index is 0.561. The molecule has 0 aliphatic carbocycles. The maximum atomic E-state index is 5.98. The van der Waals surface area contributed by atoms with Crippen LogP contribution >= 0.6 is 11.6 Å². The Morgan fingerprint density at radius 2 is 1.67 bits per heavy atom. The number of fused-ring (bicyclic) bond motifs is 1. The molecule has 4 rings (SSSR count). The molecule has 1 N–H and O–H groups in total. The predicted octanol–water partition coefficient (Wildman–Crippen LogP) is 5.16. The largest absolute Gasteiger partial charge is 0.467 e. The van der Waals surface area contributed by atoms with Crippen LogP contribution in [0.25, 0.3) is 22.0 Å². The van der Waals surface area contributed by atoms with E-state index in [4.69, 9.17) is 16.0 Å². The van der Waals surface area contributed by atoms with E-state index in [9.17, 15) is 0 Å². The lowest BCUT2D eigenvalue weighted by Crippen LogP contribution is -2.03. The van der Waals surface area contributed by atoms with Crippen LogP contribution in [0.5, 0.6) is 0 Å². The summed E-state index contributed by atoms with van der Waals surface area (Å²) in [5.74, 6) is 1.59. The zero-order valence-corrected chi connectivity index (χ0v) is 13.5. The Morgan fingerprint density at radius 1 is 0.875 bits per heavy atom. The van der Waals surface area contributed by atoms with Crippen molar-refractivity contribution in [2.45, 2.75) is 6.54 Å². The number of hydrogen-bond acceptors (Lipinski definition) is 4. The third-order valence-electron chi connectivity index (χ3n) is 3.82. The van der Waals surface area contributed by atoms with Gasteiger partial charge in [0.2, 0.25) is 0 Å². The molecular formula is C19H14ClN3O. The van der Waals surface area contributed by atoms with Gasteiger partial charge in [-0.3, -0.25) is 0 Å². The average molecular weight is 336 g/mol. The molecule has 5 heteroatoms. The Bertz CT molecular complexity index is 966. The zero-order valence-electron chi connectivity index (χ0n) is 12.7. The van der Waals surface area contributed by atoms with E-state index < -0.39 is 0 Å². The molecule has 2 aromatic heterocycles. The maximum Gasteiger partial charge on any atom is 0.156 e. The van der Waals surface area contributed by atoms with Crippen molar-refractivity contribution in [2.75, 3.05) is 5.32 Å². The van der Waals surface area contributed by atoms with Gasteiger partial charge in [-0.1, -0.05) is 48.0 Å². The van der Waals surface area contributed by atoms with Crippen LogP contribution in [0.4, 0.5) is 5.82 Å². The number of anilines is 1. The summed E-state index contributed by atoms with van der Waals surface area (Å²) in [6.07, 6.45) is 1.66. The van der Waals surface area contributed by atoms with Crippen molar-refractivity contribution in [2.24, 2.45) is 0 Å². The number of nitrogens with one attached hydrogen (secondary N) is 1. The van der Waals surface area contributed by atoms with Crippen LogP contribution in [0.15, 0.2) is 71.3 Å². The van der Waals surface area contributed by atoms with E-state index in [-0.39, 0.29) is 0 Å². The summed E-state index contributed by atoms with van der Waals surface area (Å²) in [5, 5.41) is 14.8. The van der Waals surface area contributed by atoms with Gasteiger partial charge in [-0.05, 0) is 24.3 Å². The molecule has 0 bridgehead atoms. The Morgan fingerprint density at radius 3 is 2.42 bits per heavy atom. The molecule has 118 valence electrons. The van der Waals surface area contributed by atoms with Crippen molar-refractivity contribution in [3.05, 3.63) is 77.7 Å². The van der Waals surface area contributed by atoms with Gasteiger partial charge >= 0.3 is 0 Å². The van der Waals surface area contributed by atoms with Gasteiger partial charge in [-0.2, -0.15) is 0 Å². The Balaban J connectivity index is 1.75. The summed E-state index contributed by atoms with van der Waals surface area (Å²) < 4.78 is 5.35. The van der Waals surface area contributed by atoms with E-state index in [1.54, 1.807) is 6.26 Å². The summed E-state index contributed by atoms with van der Waals surface area (Å²) in [6, 6.07) is 19.5. The molecule has 0 radical (unpaired) electrons. The molecule has 0 spiro atoms. The number of benzene rings is 2. The molecule has 0 saturated carbocycles. The van der Waals surface area contributed by atoms with Gasteiger partial charge in [-0.15, -0.1) is 10.2 Å². The van der Waals surface area contributed by atoms with E-state index in [1.807, 2.05) is 60.7 Å². The summed E-state index contributed by atoms with van der Waals surface area (Å²) in [4.78, 5) is 0. The molecule has 0 fully saturated rings. The fraction of sp³-hybridized carbons (Fsp3) is 0.0526. The van der Waals surface area contributed by atoms with Crippen LogP contribution in [0.3, 0.4) is 0 Å². The number of rotatable bonds is 4. The maximum absolute atomic E-state index is 5.98. The average Bonchev–Trinajstić information content (AvgIpc) is 3.14. The van der Waals surface area contributed by atoms with E-state index >= 15 is 0 Å². The van der Waals surface area contributed by atoms with Crippen LogP contribution < -0.4 is 5.32 Å². The smallest absolute Gasteiger partial charge is 0.156 e. The first-order valence-corrected chi connectivity index (χ1v) is 7.97. The van der Waals surface area contributed by atoms with Crippen LogP contribution in [-0.2, 0) is 6.54 Å². The fourth-order valence-electron chi connectivity index (χ4n) is 2.64. The number of halogens is 1. The van der Waals surface area contributed by atoms with Crippen LogP contribution in [0, 0.1) is 0 Å². The molecule has 24 heavy (non-hydrogen) atoms. The topological polar surface area (TPSA) is 51.0 Å². The molecule has 2 aromatic carbocycles. The third kappa shape index (κ3) is 2.84. The van der Waals surface area contributed by atoms with E-state index in [0.717, 1.165) is 33.6 Å². The quantitative estimate of drug-likeness (QED) is 0.560. The first-order valence-electron chi connectivity index (χ1n) is 7.59. The SMILES string of the molecule is Clc1ccc(-c2nnc(NCc3ccco3)c3ccccc23)cc1. The van der Waals surface area contributed by atoms with Crippen molar-refractivity contribution in [1.29, 1.82) is 0 Å². The molecular weight excluding hydrogens is 322 g/mol. The summed E-state index contributed by atoms with van der Waals surface area (Å²) >= 11 is 5.98. The second-order valence-corrected chi connectivity index (χ2v) is 5.82. The van der Waals surface area contributed by atoms with Crippen LogP contribution in [0.1, 0.15) is 5.76 Å². The van der Waals surface area contributed by atoms with Gasteiger partial charge in [0.1, 0.15) is 11.5 Å². The van der Waals surface area contributed by atoms with Crippen LogP contribution in [-0.4, -0.2) is 10.2 Å². The lowest BCUT2D eigenvalue weighted by Gasteiger charge is -2.10. The van der Waals surface area contributed by atoms with E-state index in [0.29, 0.717) is 11.6 Å². The second-order valence-electron chi connectivity index (χ2n) is 5.38. The van der Waals surface area contributed by atoms with E-state index in [1.165, 1.54) is 0 Å². The molecule has 4 aromatic rings. The molecule has 0 saturated heterocycles. The van der Waals surface area contributed by atoms with Gasteiger partial charge in [0, 0.05) is 21.4 Å². The van der Waals surface area contributed by atoms with Crippen molar-refractivity contribution >= 4 is 28.2 Å². The molecule has 0 atom stereocenters. The highest BCUT2D eigenvalue weighted by Crippen LogP contribution is 2.30. The first kappa shape index (κ1) is 14.7. The van der Waals surface area contributed by atoms with Crippen molar-refractivity contribution < 1.29 is 4.42 Å². The number of aromatic nitrogens is 2. The second kappa shape index (κ2) is 6.34. The minimum Gasteiger partial charge on any atom is -0.467 e. The number of nitrogens with zero attached hydrogens (tertiary/aromatic N) is 2. The highest BCUT2D eigenvalue weighted by Gasteiger charge is 2.11.